The van der Waals surface area contributed by atoms with Gasteiger partial charge in [0.1, 0.15) is 5.69 Å². The molecule has 1 heterocycles. The SMILES string of the molecule is COC(C)(C)CNC(=O)c1ccc(CN)cn1. The summed E-state index contributed by atoms with van der Waals surface area (Å²) < 4.78 is 5.21. The Hall–Kier alpha value is -1.46. The highest BCUT2D eigenvalue weighted by atomic mass is 16.5. The van der Waals surface area contributed by atoms with E-state index in [0.29, 0.717) is 18.8 Å². The van der Waals surface area contributed by atoms with Crippen LogP contribution < -0.4 is 11.1 Å². The first kappa shape index (κ1) is 13.6. The molecule has 5 heteroatoms. The molecule has 1 amide bonds. The van der Waals surface area contributed by atoms with Gasteiger partial charge in [-0.1, -0.05) is 6.07 Å². The van der Waals surface area contributed by atoms with Crippen LogP contribution in [0.1, 0.15) is 29.9 Å². The van der Waals surface area contributed by atoms with Gasteiger partial charge >= 0.3 is 0 Å². The normalized spacial score (nSPS) is 11.3. The Morgan fingerprint density at radius 1 is 1.53 bits per heavy atom. The molecule has 0 aromatic carbocycles. The highest BCUT2D eigenvalue weighted by Crippen LogP contribution is 2.05. The van der Waals surface area contributed by atoms with Crippen molar-refractivity contribution < 1.29 is 9.53 Å². The van der Waals surface area contributed by atoms with Crippen LogP contribution in [0, 0.1) is 0 Å². The highest BCUT2D eigenvalue weighted by molar-refractivity contribution is 5.92. The maximum Gasteiger partial charge on any atom is 0.269 e. The maximum absolute atomic E-state index is 11.7. The smallest absolute Gasteiger partial charge is 0.269 e. The molecular weight excluding hydrogens is 218 g/mol. The minimum absolute atomic E-state index is 0.210. The number of amides is 1. The van der Waals surface area contributed by atoms with E-state index in [2.05, 4.69) is 10.3 Å². The van der Waals surface area contributed by atoms with E-state index in [0.717, 1.165) is 5.56 Å². The summed E-state index contributed by atoms with van der Waals surface area (Å²) in [5.41, 5.74) is 6.36. The van der Waals surface area contributed by atoms with Gasteiger partial charge in [-0.15, -0.1) is 0 Å². The molecule has 0 atom stereocenters. The lowest BCUT2D eigenvalue weighted by molar-refractivity contribution is 0.0228. The van der Waals surface area contributed by atoms with E-state index in [1.807, 2.05) is 13.8 Å². The van der Waals surface area contributed by atoms with Gasteiger partial charge in [0.25, 0.3) is 5.91 Å². The lowest BCUT2D eigenvalue weighted by atomic mass is 10.1. The predicted molar refractivity (Wildman–Crippen MR) is 65.5 cm³/mol. The van der Waals surface area contributed by atoms with E-state index in [4.69, 9.17) is 10.5 Å². The highest BCUT2D eigenvalue weighted by Gasteiger charge is 2.18. The van der Waals surface area contributed by atoms with Crippen LogP contribution in [0.2, 0.25) is 0 Å². The number of pyridine rings is 1. The van der Waals surface area contributed by atoms with Crippen molar-refractivity contribution in [1.82, 2.24) is 10.3 Å². The third kappa shape index (κ3) is 4.13. The van der Waals surface area contributed by atoms with Crippen molar-refractivity contribution in [3.8, 4) is 0 Å². The molecule has 0 aliphatic heterocycles. The molecule has 0 bridgehead atoms. The Balaban J connectivity index is 2.58. The average molecular weight is 237 g/mol. The Morgan fingerprint density at radius 2 is 2.24 bits per heavy atom. The Morgan fingerprint density at radius 3 is 2.71 bits per heavy atom. The van der Waals surface area contributed by atoms with E-state index in [9.17, 15) is 4.79 Å². The third-order valence-corrected chi connectivity index (χ3v) is 2.52. The molecule has 0 saturated carbocycles. The molecule has 17 heavy (non-hydrogen) atoms. The lowest BCUT2D eigenvalue weighted by Crippen LogP contribution is -2.39. The quantitative estimate of drug-likeness (QED) is 0.790. The van der Waals surface area contributed by atoms with E-state index in [-0.39, 0.29) is 11.5 Å². The fourth-order valence-corrected chi connectivity index (χ4v) is 1.14. The molecule has 94 valence electrons. The van der Waals surface area contributed by atoms with Crippen molar-refractivity contribution in [2.45, 2.75) is 26.0 Å². The standard InChI is InChI=1S/C12H19N3O2/c1-12(2,17-3)8-15-11(16)10-5-4-9(6-13)7-14-10/h4-5,7H,6,8,13H2,1-3H3,(H,15,16). The van der Waals surface area contributed by atoms with Crippen molar-refractivity contribution in [2.24, 2.45) is 5.73 Å². The lowest BCUT2D eigenvalue weighted by Gasteiger charge is -2.22. The zero-order chi connectivity index (χ0) is 12.9. The molecule has 0 saturated heterocycles. The molecule has 0 aliphatic rings. The fourth-order valence-electron chi connectivity index (χ4n) is 1.14. The number of hydrogen-bond acceptors (Lipinski definition) is 4. The second-order valence-corrected chi connectivity index (χ2v) is 4.40. The number of aromatic nitrogens is 1. The van der Waals surface area contributed by atoms with Gasteiger partial charge in [0.05, 0.1) is 5.60 Å². The summed E-state index contributed by atoms with van der Waals surface area (Å²) in [6, 6.07) is 3.46. The summed E-state index contributed by atoms with van der Waals surface area (Å²) in [5, 5.41) is 2.77. The number of hydrogen-bond donors (Lipinski definition) is 2. The van der Waals surface area contributed by atoms with Crippen LogP contribution in [0.4, 0.5) is 0 Å². The van der Waals surface area contributed by atoms with Gasteiger partial charge < -0.3 is 15.8 Å². The van der Waals surface area contributed by atoms with Crippen molar-refractivity contribution >= 4 is 5.91 Å². The zero-order valence-electron chi connectivity index (χ0n) is 10.5. The maximum atomic E-state index is 11.7. The van der Waals surface area contributed by atoms with Crippen LogP contribution in [0.5, 0.6) is 0 Å². The van der Waals surface area contributed by atoms with Crippen LogP contribution >= 0.6 is 0 Å². The molecule has 1 rings (SSSR count). The van der Waals surface area contributed by atoms with Crippen LogP contribution in [-0.4, -0.2) is 30.1 Å². The zero-order valence-corrected chi connectivity index (χ0v) is 10.5. The van der Waals surface area contributed by atoms with Gasteiger partial charge in [-0.2, -0.15) is 0 Å². The number of nitrogens with one attached hydrogen (secondary N) is 1. The number of rotatable bonds is 5. The van der Waals surface area contributed by atoms with Crippen LogP contribution in [0.15, 0.2) is 18.3 Å². The van der Waals surface area contributed by atoms with Gasteiger partial charge in [0.15, 0.2) is 0 Å². The van der Waals surface area contributed by atoms with E-state index in [1.165, 1.54) is 0 Å². The molecule has 0 fully saturated rings. The van der Waals surface area contributed by atoms with Gasteiger partial charge in [-0.05, 0) is 25.5 Å². The fraction of sp³-hybridized carbons (Fsp3) is 0.500. The Labute approximate surface area is 101 Å². The molecule has 0 spiro atoms. The molecule has 5 nitrogen and oxygen atoms in total. The monoisotopic (exact) mass is 237 g/mol. The van der Waals surface area contributed by atoms with Crippen molar-refractivity contribution in [3.63, 3.8) is 0 Å². The molecule has 3 N–H and O–H groups in total. The van der Waals surface area contributed by atoms with Crippen molar-refractivity contribution in [2.75, 3.05) is 13.7 Å². The average Bonchev–Trinajstić information content (AvgIpc) is 2.36. The van der Waals surface area contributed by atoms with Crippen LogP contribution in [0.3, 0.4) is 0 Å². The number of carbonyl (C=O) groups is 1. The number of nitrogens with zero attached hydrogens (tertiary/aromatic N) is 1. The summed E-state index contributed by atoms with van der Waals surface area (Å²) in [4.78, 5) is 15.8. The molecular formula is C12H19N3O2. The van der Waals surface area contributed by atoms with Crippen molar-refractivity contribution in [1.29, 1.82) is 0 Å². The molecule has 0 unspecified atom stereocenters. The number of ether oxygens (including phenoxy) is 1. The second-order valence-electron chi connectivity index (χ2n) is 4.40. The summed E-state index contributed by atoms with van der Waals surface area (Å²) in [5.74, 6) is -0.210. The second kappa shape index (κ2) is 5.75. The first-order valence-electron chi connectivity index (χ1n) is 5.47. The first-order valence-corrected chi connectivity index (χ1v) is 5.47. The molecule has 0 radical (unpaired) electrons. The van der Waals surface area contributed by atoms with Gasteiger partial charge in [0, 0.05) is 26.4 Å². The first-order chi connectivity index (χ1) is 7.98. The Bertz CT molecular complexity index is 374. The van der Waals surface area contributed by atoms with Gasteiger partial charge in [-0.3, -0.25) is 9.78 Å². The van der Waals surface area contributed by atoms with E-state index in [1.54, 1.807) is 25.4 Å². The number of nitrogens with two attached hydrogens (primary N) is 1. The largest absolute Gasteiger partial charge is 0.377 e. The van der Waals surface area contributed by atoms with Gasteiger partial charge in [0.2, 0.25) is 0 Å². The predicted octanol–water partition coefficient (Wildman–Crippen LogP) is 0.695. The van der Waals surface area contributed by atoms with Crippen molar-refractivity contribution in [3.05, 3.63) is 29.6 Å². The van der Waals surface area contributed by atoms with Gasteiger partial charge in [-0.25, -0.2) is 0 Å². The molecule has 0 aliphatic carbocycles. The van der Waals surface area contributed by atoms with Crippen LogP contribution in [0.25, 0.3) is 0 Å². The summed E-state index contributed by atoms with van der Waals surface area (Å²) >= 11 is 0. The van der Waals surface area contributed by atoms with E-state index < -0.39 is 0 Å². The third-order valence-electron chi connectivity index (χ3n) is 2.52. The minimum Gasteiger partial charge on any atom is -0.377 e. The summed E-state index contributed by atoms with van der Waals surface area (Å²) in [7, 11) is 1.61. The van der Waals surface area contributed by atoms with E-state index >= 15 is 0 Å². The van der Waals surface area contributed by atoms with Crippen LogP contribution in [-0.2, 0) is 11.3 Å². The summed E-state index contributed by atoms with van der Waals surface area (Å²) in [6.45, 7) is 4.66. The molecule has 1 aromatic heterocycles. The topological polar surface area (TPSA) is 77.2 Å². The number of methoxy groups -OCH3 is 1. The summed E-state index contributed by atoms with van der Waals surface area (Å²) in [6.07, 6.45) is 1.61. The number of carbonyl (C=O) groups excluding carboxylic acids is 1. The minimum atomic E-state index is -0.382. The molecule has 1 aromatic rings. The Kier molecular flexibility index (Phi) is 4.60.